The predicted octanol–water partition coefficient (Wildman–Crippen LogP) is 2.68. The summed E-state index contributed by atoms with van der Waals surface area (Å²) in [6.45, 7) is 1.70. The van der Waals surface area contributed by atoms with Gasteiger partial charge in [-0.05, 0) is 48.1 Å². The zero-order valence-corrected chi connectivity index (χ0v) is 17.2. The van der Waals surface area contributed by atoms with Gasteiger partial charge >= 0.3 is 0 Å². The van der Waals surface area contributed by atoms with Crippen molar-refractivity contribution in [1.82, 2.24) is 14.9 Å². The molecule has 6 rings (SSSR count). The highest BCUT2D eigenvalue weighted by Gasteiger charge is 2.36. The molecule has 4 heterocycles. The van der Waals surface area contributed by atoms with Crippen LogP contribution in [0.1, 0.15) is 28.0 Å². The van der Waals surface area contributed by atoms with Crippen molar-refractivity contribution < 1.29 is 9.90 Å². The first-order valence-corrected chi connectivity index (χ1v) is 11.1. The van der Waals surface area contributed by atoms with Gasteiger partial charge in [0, 0.05) is 35.8 Å². The lowest BCUT2D eigenvalue weighted by Gasteiger charge is -2.38. The van der Waals surface area contributed by atoms with E-state index in [4.69, 9.17) is 0 Å². The second-order valence-electron chi connectivity index (χ2n) is 8.25. The van der Waals surface area contributed by atoms with Crippen molar-refractivity contribution in [2.45, 2.75) is 31.9 Å². The van der Waals surface area contributed by atoms with Crippen LogP contribution < -0.4 is 5.32 Å². The van der Waals surface area contributed by atoms with Gasteiger partial charge in [0.15, 0.2) is 0 Å². The van der Waals surface area contributed by atoms with Crippen LogP contribution >= 0.6 is 11.3 Å². The number of amides is 1. The predicted molar refractivity (Wildman–Crippen MR) is 117 cm³/mol. The molecule has 2 N–H and O–H groups in total. The highest BCUT2D eigenvalue weighted by atomic mass is 32.1. The first kappa shape index (κ1) is 18.0. The van der Waals surface area contributed by atoms with E-state index in [1.165, 1.54) is 16.0 Å². The fourth-order valence-corrected chi connectivity index (χ4v) is 5.89. The van der Waals surface area contributed by atoms with E-state index in [-0.39, 0.29) is 17.9 Å². The highest BCUT2D eigenvalue weighted by Crippen LogP contribution is 2.41. The Morgan fingerprint density at radius 2 is 2.17 bits per heavy atom. The Labute approximate surface area is 177 Å². The molecule has 0 spiro atoms. The molecule has 3 aromatic rings. The standard InChI is InChI=1S/C22H21N5O2S/c28-16-9-27(10-16)22(29)12-2-4-17-18(6-12)30-21-19(17)20(24-11-25-21)26-15-3-1-13-7-23-8-14(13)5-15/h1,3,5,8,11-12,16,28H,2,4,6-7,9-10H2,(H,24,25,26). The number of β-amino-alcohol motifs (C(OH)–C–C–N with tert-alkyl or cyclic N) is 1. The van der Waals surface area contributed by atoms with E-state index in [1.54, 1.807) is 22.6 Å². The van der Waals surface area contributed by atoms with Crippen molar-refractivity contribution in [2.24, 2.45) is 10.9 Å². The Kier molecular flexibility index (Phi) is 4.10. The van der Waals surface area contributed by atoms with E-state index in [0.717, 1.165) is 53.1 Å². The van der Waals surface area contributed by atoms with Gasteiger partial charge in [-0.25, -0.2) is 9.97 Å². The van der Waals surface area contributed by atoms with Gasteiger partial charge < -0.3 is 15.3 Å². The SMILES string of the molecule is O=C(C1CCc2c(sc3ncnc(Nc4ccc5c(c4)C=NC5)c23)C1)N1CC(O)C1. The number of nitrogens with zero attached hydrogens (tertiary/aromatic N) is 4. The maximum Gasteiger partial charge on any atom is 0.226 e. The molecule has 30 heavy (non-hydrogen) atoms. The number of aliphatic hydroxyl groups excluding tert-OH is 1. The Balaban J connectivity index is 1.30. The Hall–Kier alpha value is -2.84. The van der Waals surface area contributed by atoms with Gasteiger partial charge in [0.2, 0.25) is 5.91 Å². The van der Waals surface area contributed by atoms with Gasteiger partial charge in [0.25, 0.3) is 0 Å². The van der Waals surface area contributed by atoms with Crippen LogP contribution in [-0.4, -0.2) is 51.3 Å². The van der Waals surface area contributed by atoms with Gasteiger partial charge in [-0.2, -0.15) is 0 Å². The molecule has 1 fully saturated rings. The summed E-state index contributed by atoms with van der Waals surface area (Å²) in [5.74, 6) is 0.995. The molecule has 2 aromatic heterocycles. The lowest BCUT2D eigenvalue weighted by molar-refractivity contribution is -0.146. The molecule has 8 heteroatoms. The molecular weight excluding hydrogens is 398 g/mol. The summed E-state index contributed by atoms with van der Waals surface area (Å²) < 4.78 is 0. The summed E-state index contributed by atoms with van der Waals surface area (Å²) in [5.41, 5.74) is 4.65. The zero-order valence-electron chi connectivity index (χ0n) is 16.3. The molecule has 152 valence electrons. The third-order valence-electron chi connectivity index (χ3n) is 6.27. The lowest BCUT2D eigenvalue weighted by atomic mass is 9.86. The summed E-state index contributed by atoms with van der Waals surface area (Å²) in [4.78, 5) is 30.1. The minimum atomic E-state index is -0.355. The second-order valence-corrected chi connectivity index (χ2v) is 9.33. The lowest BCUT2D eigenvalue weighted by Crippen LogP contribution is -2.55. The fraction of sp³-hybridized carbons (Fsp3) is 0.364. The van der Waals surface area contributed by atoms with Crippen LogP contribution in [0.15, 0.2) is 29.5 Å². The van der Waals surface area contributed by atoms with Crippen LogP contribution in [0.25, 0.3) is 10.2 Å². The molecule has 0 radical (unpaired) electrons. The normalized spacial score (nSPS) is 20.2. The topological polar surface area (TPSA) is 90.7 Å². The van der Waals surface area contributed by atoms with E-state index >= 15 is 0 Å². The Bertz CT molecular complexity index is 1200. The van der Waals surface area contributed by atoms with E-state index in [2.05, 4.69) is 38.5 Å². The van der Waals surface area contributed by atoms with Crippen molar-refractivity contribution >= 4 is 45.2 Å². The largest absolute Gasteiger partial charge is 0.389 e. The van der Waals surface area contributed by atoms with E-state index in [0.29, 0.717) is 13.1 Å². The third-order valence-corrected chi connectivity index (χ3v) is 7.43. The smallest absolute Gasteiger partial charge is 0.226 e. The molecule has 1 unspecified atom stereocenters. The number of nitrogens with one attached hydrogen (secondary N) is 1. The summed E-state index contributed by atoms with van der Waals surface area (Å²) in [7, 11) is 0. The number of carbonyl (C=O) groups excluding carboxylic acids is 1. The van der Waals surface area contributed by atoms with Crippen LogP contribution in [0.5, 0.6) is 0 Å². The molecule has 1 amide bonds. The van der Waals surface area contributed by atoms with Crippen LogP contribution in [0.2, 0.25) is 0 Å². The molecule has 0 bridgehead atoms. The second kappa shape index (κ2) is 6.85. The van der Waals surface area contributed by atoms with Crippen LogP contribution in [0.4, 0.5) is 11.5 Å². The average molecular weight is 420 g/mol. The maximum atomic E-state index is 12.7. The number of aryl methyl sites for hydroxylation is 1. The number of benzene rings is 1. The molecule has 1 atom stereocenters. The first-order valence-electron chi connectivity index (χ1n) is 10.3. The summed E-state index contributed by atoms with van der Waals surface area (Å²) in [5, 5.41) is 14.1. The number of likely N-dealkylation sites (tertiary alicyclic amines) is 1. The molecule has 7 nitrogen and oxygen atoms in total. The summed E-state index contributed by atoms with van der Waals surface area (Å²) in [6.07, 6.45) is 5.58. The van der Waals surface area contributed by atoms with Crippen molar-refractivity contribution in [3.8, 4) is 0 Å². The van der Waals surface area contributed by atoms with Gasteiger partial charge in [0.1, 0.15) is 17.0 Å². The van der Waals surface area contributed by atoms with Gasteiger partial charge in [-0.15, -0.1) is 11.3 Å². The minimum Gasteiger partial charge on any atom is -0.389 e. The Morgan fingerprint density at radius 3 is 3.03 bits per heavy atom. The number of aliphatic imine (C=N–C) groups is 1. The molecule has 3 aliphatic rings. The first-order chi connectivity index (χ1) is 14.7. The van der Waals surface area contributed by atoms with Crippen LogP contribution in [-0.2, 0) is 24.2 Å². The minimum absolute atomic E-state index is 0.00145. The van der Waals surface area contributed by atoms with E-state index in [1.807, 2.05) is 6.21 Å². The molecule has 0 saturated carbocycles. The fourth-order valence-electron chi connectivity index (χ4n) is 4.63. The van der Waals surface area contributed by atoms with Gasteiger partial charge in [-0.1, -0.05) is 6.07 Å². The zero-order chi connectivity index (χ0) is 20.2. The van der Waals surface area contributed by atoms with Crippen LogP contribution in [0.3, 0.4) is 0 Å². The number of aromatic nitrogens is 2. The average Bonchev–Trinajstić information content (AvgIpc) is 3.34. The van der Waals surface area contributed by atoms with Gasteiger partial charge in [-0.3, -0.25) is 9.79 Å². The van der Waals surface area contributed by atoms with Crippen molar-refractivity contribution in [1.29, 1.82) is 0 Å². The van der Waals surface area contributed by atoms with Crippen molar-refractivity contribution in [3.05, 3.63) is 46.1 Å². The molecular formula is C22H21N5O2S. The number of fused-ring (bicyclic) bond motifs is 4. The van der Waals surface area contributed by atoms with Crippen molar-refractivity contribution in [2.75, 3.05) is 18.4 Å². The summed E-state index contributed by atoms with van der Waals surface area (Å²) in [6, 6.07) is 6.28. The number of aliphatic hydroxyl groups is 1. The molecule has 1 aliphatic carbocycles. The Morgan fingerprint density at radius 1 is 1.27 bits per heavy atom. The maximum absolute atomic E-state index is 12.7. The van der Waals surface area contributed by atoms with E-state index in [9.17, 15) is 9.90 Å². The van der Waals surface area contributed by atoms with Gasteiger partial charge in [0.05, 0.1) is 18.0 Å². The number of hydrogen-bond donors (Lipinski definition) is 2. The number of rotatable bonds is 3. The number of carbonyl (C=O) groups is 1. The quantitative estimate of drug-likeness (QED) is 0.681. The number of anilines is 2. The molecule has 2 aliphatic heterocycles. The highest BCUT2D eigenvalue weighted by molar-refractivity contribution is 7.19. The number of hydrogen-bond acceptors (Lipinski definition) is 7. The van der Waals surface area contributed by atoms with E-state index < -0.39 is 0 Å². The number of thiophene rings is 1. The molecule has 1 saturated heterocycles. The van der Waals surface area contributed by atoms with Crippen molar-refractivity contribution in [3.63, 3.8) is 0 Å². The third kappa shape index (κ3) is 2.90. The summed E-state index contributed by atoms with van der Waals surface area (Å²) >= 11 is 1.67. The van der Waals surface area contributed by atoms with Crippen LogP contribution in [0, 0.1) is 5.92 Å². The monoisotopic (exact) mass is 419 g/mol. The molecule has 1 aromatic carbocycles.